The van der Waals surface area contributed by atoms with Crippen LogP contribution in [0.5, 0.6) is 17.2 Å². The van der Waals surface area contributed by atoms with Crippen LogP contribution in [0, 0.1) is 6.92 Å². The molecule has 7 heteroatoms. The molecule has 0 atom stereocenters. The van der Waals surface area contributed by atoms with Gasteiger partial charge in [-0.15, -0.1) is 0 Å². The van der Waals surface area contributed by atoms with Crippen LogP contribution in [0.1, 0.15) is 21.5 Å². The second kappa shape index (κ2) is 9.07. The van der Waals surface area contributed by atoms with Crippen molar-refractivity contribution in [1.82, 2.24) is 5.32 Å². The summed E-state index contributed by atoms with van der Waals surface area (Å²) in [6.07, 6.45) is 0. The van der Waals surface area contributed by atoms with E-state index < -0.39 is 0 Å². The van der Waals surface area contributed by atoms with Crippen molar-refractivity contribution in [2.75, 3.05) is 12.8 Å². The van der Waals surface area contributed by atoms with Gasteiger partial charge in [-0.1, -0.05) is 29.3 Å². The number of carbonyl (C=O) groups is 1. The van der Waals surface area contributed by atoms with Crippen LogP contribution in [-0.4, -0.2) is 13.0 Å². The first-order chi connectivity index (χ1) is 13.9. The van der Waals surface area contributed by atoms with E-state index in [0.717, 1.165) is 11.1 Å². The summed E-state index contributed by atoms with van der Waals surface area (Å²) in [5.74, 6) is 1.46. The lowest BCUT2D eigenvalue weighted by Gasteiger charge is -2.12. The lowest BCUT2D eigenvalue weighted by atomic mass is 10.1. The Balaban J connectivity index is 1.72. The molecular formula is C22H20Cl2N2O3. The molecule has 0 aliphatic rings. The van der Waals surface area contributed by atoms with Crippen LogP contribution in [0.4, 0.5) is 5.69 Å². The van der Waals surface area contributed by atoms with Crippen molar-refractivity contribution in [1.29, 1.82) is 0 Å². The summed E-state index contributed by atoms with van der Waals surface area (Å²) in [4.78, 5) is 12.5. The van der Waals surface area contributed by atoms with Crippen LogP contribution >= 0.6 is 23.2 Å². The zero-order chi connectivity index (χ0) is 21.0. The highest BCUT2D eigenvalue weighted by Crippen LogP contribution is 2.32. The zero-order valence-electron chi connectivity index (χ0n) is 16.0. The minimum atomic E-state index is -0.176. The van der Waals surface area contributed by atoms with E-state index in [9.17, 15) is 4.79 Å². The van der Waals surface area contributed by atoms with Gasteiger partial charge in [-0.2, -0.15) is 0 Å². The van der Waals surface area contributed by atoms with E-state index in [0.29, 0.717) is 45.1 Å². The largest absolute Gasteiger partial charge is 0.497 e. The highest BCUT2D eigenvalue weighted by Gasteiger charge is 2.11. The summed E-state index contributed by atoms with van der Waals surface area (Å²) < 4.78 is 11.0. The summed E-state index contributed by atoms with van der Waals surface area (Å²) in [5.41, 5.74) is 8.54. The Morgan fingerprint density at radius 2 is 1.83 bits per heavy atom. The molecule has 0 aliphatic carbocycles. The average molecular weight is 431 g/mol. The van der Waals surface area contributed by atoms with Crippen LogP contribution in [0.15, 0.2) is 54.6 Å². The summed E-state index contributed by atoms with van der Waals surface area (Å²) in [7, 11) is 1.59. The van der Waals surface area contributed by atoms with Crippen LogP contribution in [0.25, 0.3) is 0 Å². The third-order valence-corrected chi connectivity index (χ3v) is 4.78. The maximum Gasteiger partial charge on any atom is 0.251 e. The highest BCUT2D eigenvalue weighted by molar-refractivity contribution is 6.32. The van der Waals surface area contributed by atoms with E-state index in [2.05, 4.69) is 5.32 Å². The molecule has 0 saturated heterocycles. The number of nitrogens with one attached hydrogen (secondary N) is 1. The maximum absolute atomic E-state index is 12.5. The first-order valence-corrected chi connectivity index (χ1v) is 9.56. The fourth-order valence-electron chi connectivity index (χ4n) is 2.80. The van der Waals surface area contributed by atoms with Gasteiger partial charge in [0.15, 0.2) is 0 Å². The van der Waals surface area contributed by atoms with Gasteiger partial charge >= 0.3 is 0 Å². The highest BCUT2D eigenvalue weighted by atomic mass is 35.5. The Bertz CT molecular complexity index is 1030. The van der Waals surface area contributed by atoms with Crippen molar-refractivity contribution in [3.63, 3.8) is 0 Å². The number of amides is 1. The van der Waals surface area contributed by atoms with Crippen LogP contribution in [0.2, 0.25) is 10.0 Å². The molecule has 0 heterocycles. The minimum absolute atomic E-state index is 0.176. The number of hydrogen-bond acceptors (Lipinski definition) is 4. The van der Waals surface area contributed by atoms with Gasteiger partial charge in [-0.3, -0.25) is 4.79 Å². The zero-order valence-corrected chi connectivity index (χ0v) is 17.5. The fourth-order valence-corrected chi connectivity index (χ4v) is 3.19. The standard InChI is InChI=1S/C22H20Cl2N2O3/c1-13-7-17(28-2)4-5-19(13)22(27)26-12-14-3-6-20(24)21(8-14)29-18-10-15(23)9-16(25)11-18/h3-11H,12,25H2,1-2H3,(H,26,27). The summed E-state index contributed by atoms with van der Waals surface area (Å²) >= 11 is 12.3. The molecule has 3 N–H and O–H groups in total. The molecule has 3 aromatic rings. The predicted molar refractivity (Wildman–Crippen MR) is 116 cm³/mol. The average Bonchev–Trinajstić information content (AvgIpc) is 2.67. The Morgan fingerprint density at radius 3 is 2.52 bits per heavy atom. The Kier molecular flexibility index (Phi) is 6.52. The van der Waals surface area contributed by atoms with Gasteiger partial charge in [0.05, 0.1) is 12.1 Å². The summed E-state index contributed by atoms with van der Waals surface area (Å²) in [6.45, 7) is 2.18. The quantitative estimate of drug-likeness (QED) is 0.498. The molecule has 5 nitrogen and oxygen atoms in total. The van der Waals surface area contributed by atoms with Gasteiger partial charge in [0.1, 0.15) is 17.2 Å². The van der Waals surface area contributed by atoms with Crippen molar-refractivity contribution in [3.8, 4) is 17.2 Å². The van der Waals surface area contributed by atoms with Crippen molar-refractivity contribution in [3.05, 3.63) is 81.3 Å². The number of rotatable bonds is 6. The summed E-state index contributed by atoms with van der Waals surface area (Å²) in [5, 5.41) is 3.80. The minimum Gasteiger partial charge on any atom is -0.497 e. The van der Waals surface area contributed by atoms with E-state index in [-0.39, 0.29) is 5.91 Å². The molecule has 150 valence electrons. The van der Waals surface area contributed by atoms with E-state index in [4.69, 9.17) is 38.4 Å². The van der Waals surface area contributed by atoms with Gasteiger partial charge in [-0.25, -0.2) is 0 Å². The Morgan fingerprint density at radius 1 is 1.03 bits per heavy atom. The molecule has 29 heavy (non-hydrogen) atoms. The molecule has 0 fully saturated rings. The van der Waals surface area contributed by atoms with Crippen molar-refractivity contribution < 1.29 is 14.3 Å². The lowest BCUT2D eigenvalue weighted by molar-refractivity contribution is 0.0950. The predicted octanol–water partition coefficient (Wildman–Crippen LogP) is 5.61. The van der Waals surface area contributed by atoms with E-state index in [1.807, 2.05) is 19.1 Å². The number of ether oxygens (including phenoxy) is 2. The van der Waals surface area contributed by atoms with E-state index >= 15 is 0 Å². The van der Waals surface area contributed by atoms with Gasteiger partial charge in [0.2, 0.25) is 0 Å². The first-order valence-electron chi connectivity index (χ1n) is 8.81. The van der Waals surface area contributed by atoms with E-state index in [1.54, 1.807) is 49.6 Å². The molecule has 0 spiro atoms. The normalized spacial score (nSPS) is 10.5. The van der Waals surface area contributed by atoms with E-state index in [1.165, 1.54) is 0 Å². The topological polar surface area (TPSA) is 73.6 Å². The number of nitrogens with two attached hydrogens (primary N) is 1. The molecular weight excluding hydrogens is 411 g/mol. The first kappa shape index (κ1) is 20.8. The number of benzene rings is 3. The molecule has 0 radical (unpaired) electrons. The molecule has 0 unspecified atom stereocenters. The molecule has 0 saturated carbocycles. The van der Waals surface area contributed by atoms with Crippen LogP contribution in [0.3, 0.4) is 0 Å². The van der Waals surface area contributed by atoms with Crippen LogP contribution in [-0.2, 0) is 6.54 Å². The molecule has 0 aliphatic heterocycles. The third-order valence-electron chi connectivity index (χ3n) is 4.25. The molecule has 0 aromatic heterocycles. The number of halogens is 2. The maximum atomic E-state index is 12.5. The number of carbonyl (C=O) groups excluding carboxylic acids is 1. The van der Waals surface area contributed by atoms with Gasteiger partial charge in [0.25, 0.3) is 5.91 Å². The van der Waals surface area contributed by atoms with Gasteiger partial charge < -0.3 is 20.5 Å². The molecule has 0 bridgehead atoms. The Hall–Kier alpha value is -2.89. The SMILES string of the molecule is COc1ccc(C(=O)NCc2ccc(Cl)c(Oc3cc(N)cc(Cl)c3)c2)c(C)c1. The van der Waals surface area contributed by atoms with Crippen molar-refractivity contribution >= 4 is 34.8 Å². The summed E-state index contributed by atoms with van der Waals surface area (Å²) in [6, 6.07) is 15.5. The fraction of sp³-hybridized carbons (Fsp3) is 0.136. The number of aryl methyl sites for hydroxylation is 1. The lowest BCUT2D eigenvalue weighted by Crippen LogP contribution is -2.23. The second-order valence-electron chi connectivity index (χ2n) is 6.45. The number of hydrogen-bond donors (Lipinski definition) is 2. The smallest absolute Gasteiger partial charge is 0.251 e. The van der Waals surface area contributed by atoms with Crippen molar-refractivity contribution in [2.45, 2.75) is 13.5 Å². The Labute approximate surface area is 179 Å². The number of methoxy groups -OCH3 is 1. The molecule has 3 rings (SSSR count). The molecule has 1 amide bonds. The molecule has 3 aromatic carbocycles. The third kappa shape index (κ3) is 5.34. The van der Waals surface area contributed by atoms with Gasteiger partial charge in [-0.05, 0) is 60.5 Å². The number of anilines is 1. The number of nitrogen functional groups attached to an aromatic ring is 1. The monoisotopic (exact) mass is 430 g/mol. The second-order valence-corrected chi connectivity index (χ2v) is 7.29. The van der Waals surface area contributed by atoms with Crippen molar-refractivity contribution in [2.24, 2.45) is 0 Å². The van der Waals surface area contributed by atoms with Gasteiger partial charge in [0, 0.05) is 28.9 Å². The van der Waals surface area contributed by atoms with Crippen LogP contribution < -0.4 is 20.5 Å².